The van der Waals surface area contributed by atoms with Gasteiger partial charge in [-0.25, -0.2) is 4.98 Å². The van der Waals surface area contributed by atoms with Crippen LogP contribution in [0.25, 0.3) is 17.8 Å². The van der Waals surface area contributed by atoms with E-state index in [-0.39, 0.29) is 5.56 Å². The van der Waals surface area contributed by atoms with Crippen molar-refractivity contribution in [3.63, 3.8) is 0 Å². The largest absolute Gasteiger partial charge is 0.271 e. The summed E-state index contributed by atoms with van der Waals surface area (Å²) < 4.78 is 1.73. The van der Waals surface area contributed by atoms with Crippen LogP contribution >= 0.6 is 11.3 Å². The van der Waals surface area contributed by atoms with E-state index >= 15 is 0 Å². The van der Waals surface area contributed by atoms with Crippen molar-refractivity contribution in [1.82, 2.24) is 14.8 Å². The number of para-hydroxylation sites is 1. The molecule has 0 amide bonds. The Morgan fingerprint density at radius 1 is 1.27 bits per heavy atom. The normalized spacial score (nSPS) is 11.4. The van der Waals surface area contributed by atoms with Crippen molar-refractivity contribution in [1.29, 1.82) is 0 Å². The zero-order valence-electron chi connectivity index (χ0n) is 12.5. The van der Waals surface area contributed by atoms with Crippen molar-refractivity contribution < 1.29 is 0 Å². The van der Waals surface area contributed by atoms with Gasteiger partial charge in [0.1, 0.15) is 0 Å². The Kier molecular flexibility index (Phi) is 4.06. The fourth-order valence-electron chi connectivity index (χ4n) is 2.19. The van der Waals surface area contributed by atoms with Gasteiger partial charge in [-0.05, 0) is 37.6 Å². The van der Waals surface area contributed by atoms with Gasteiger partial charge in [0, 0.05) is 11.1 Å². The minimum absolute atomic E-state index is 0.108. The number of rotatable bonds is 4. The second-order valence-corrected chi connectivity index (χ2v) is 6.25. The third-order valence-electron chi connectivity index (χ3n) is 3.39. The molecule has 0 atom stereocenters. The number of aromatic nitrogens is 3. The van der Waals surface area contributed by atoms with E-state index in [4.69, 9.17) is 0 Å². The maximum atomic E-state index is 12.0. The molecule has 5 heteroatoms. The van der Waals surface area contributed by atoms with Gasteiger partial charge >= 0.3 is 0 Å². The lowest BCUT2D eigenvalue weighted by Crippen LogP contribution is -2.05. The predicted octanol–water partition coefficient (Wildman–Crippen LogP) is 3.66. The van der Waals surface area contributed by atoms with Crippen LogP contribution < -0.4 is 5.56 Å². The smallest absolute Gasteiger partial charge is 0.267 e. The molecule has 1 N–H and O–H groups in total. The fourth-order valence-corrected chi connectivity index (χ4v) is 3.05. The van der Waals surface area contributed by atoms with Crippen molar-refractivity contribution in [3.05, 3.63) is 68.0 Å². The standard InChI is InChI=1S/C17H17N3OS/c1-3-16-18-15(12(2)22-16)10-9-13-11-20(19-17(13)21)14-7-5-4-6-8-14/h4-11H,3H2,1-2H3,(H,19,21). The predicted molar refractivity (Wildman–Crippen MR) is 91.5 cm³/mol. The maximum Gasteiger partial charge on any atom is 0.271 e. The summed E-state index contributed by atoms with van der Waals surface area (Å²) >= 11 is 1.70. The van der Waals surface area contributed by atoms with Gasteiger partial charge in [0.25, 0.3) is 5.56 Å². The lowest BCUT2D eigenvalue weighted by Gasteiger charge is -1.99. The van der Waals surface area contributed by atoms with E-state index in [0.29, 0.717) is 5.56 Å². The molecule has 3 rings (SSSR count). The van der Waals surface area contributed by atoms with E-state index in [1.54, 1.807) is 22.2 Å². The molecule has 1 aromatic carbocycles. The molecule has 0 saturated carbocycles. The zero-order chi connectivity index (χ0) is 15.5. The molecule has 2 aromatic heterocycles. The van der Waals surface area contributed by atoms with Crippen molar-refractivity contribution >= 4 is 23.5 Å². The molecule has 4 nitrogen and oxygen atoms in total. The summed E-state index contributed by atoms with van der Waals surface area (Å²) in [7, 11) is 0. The van der Waals surface area contributed by atoms with Crippen molar-refractivity contribution in [2.75, 3.05) is 0 Å². The summed E-state index contributed by atoms with van der Waals surface area (Å²) in [5.74, 6) is 0. The van der Waals surface area contributed by atoms with Gasteiger partial charge in [0.15, 0.2) is 0 Å². The molecular weight excluding hydrogens is 294 g/mol. The molecule has 0 aliphatic carbocycles. The Labute approximate surface area is 132 Å². The molecule has 0 aliphatic rings. The molecule has 22 heavy (non-hydrogen) atoms. The molecular formula is C17H17N3OS. The highest BCUT2D eigenvalue weighted by Crippen LogP contribution is 2.19. The van der Waals surface area contributed by atoms with Crippen LogP contribution in [0.1, 0.15) is 28.1 Å². The van der Waals surface area contributed by atoms with Gasteiger partial charge in [0.05, 0.1) is 22.0 Å². The highest BCUT2D eigenvalue weighted by Gasteiger charge is 2.05. The number of nitrogens with zero attached hydrogens (tertiary/aromatic N) is 2. The number of nitrogens with one attached hydrogen (secondary N) is 1. The summed E-state index contributed by atoms with van der Waals surface area (Å²) in [6.45, 7) is 4.15. The summed E-state index contributed by atoms with van der Waals surface area (Å²) in [5, 5.41) is 3.94. The molecule has 0 radical (unpaired) electrons. The number of thiazole rings is 1. The van der Waals surface area contributed by atoms with Crippen LogP contribution in [0.3, 0.4) is 0 Å². The average Bonchev–Trinajstić information content (AvgIpc) is 3.09. The van der Waals surface area contributed by atoms with Crippen LogP contribution in [0.15, 0.2) is 41.3 Å². The molecule has 0 fully saturated rings. The van der Waals surface area contributed by atoms with Crippen LogP contribution in [-0.2, 0) is 6.42 Å². The Morgan fingerprint density at radius 3 is 2.73 bits per heavy atom. The van der Waals surface area contributed by atoms with Gasteiger partial charge in [-0.15, -0.1) is 11.3 Å². The van der Waals surface area contributed by atoms with Gasteiger partial charge in [-0.1, -0.05) is 25.1 Å². The molecule has 112 valence electrons. The molecule has 0 unspecified atom stereocenters. The number of aromatic amines is 1. The minimum atomic E-state index is -0.108. The van der Waals surface area contributed by atoms with Crippen LogP contribution in [-0.4, -0.2) is 14.8 Å². The Bertz CT molecular complexity index is 856. The number of hydrogen-bond acceptors (Lipinski definition) is 3. The number of benzene rings is 1. The number of hydrogen-bond donors (Lipinski definition) is 1. The molecule has 3 aromatic rings. The van der Waals surface area contributed by atoms with Gasteiger partial charge in [0.2, 0.25) is 0 Å². The Morgan fingerprint density at radius 2 is 2.05 bits per heavy atom. The monoisotopic (exact) mass is 311 g/mol. The highest BCUT2D eigenvalue weighted by molar-refractivity contribution is 7.11. The van der Waals surface area contributed by atoms with Crippen molar-refractivity contribution in [2.24, 2.45) is 0 Å². The SMILES string of the molecule is CCc1nc(C=Cc2cn(-c3ccccc3)[nH]c2=O)c(C)s1. The van der Waals surface area contributed by atoms with E-state index in [9.17, 15) is 4.79 Å². The first-order chi connectivity index (χ1) is 10.7. The molecule has 0 aliphatic heterocycles. The number of aryl methyl sites for hydroxylation is 2. The lowest BCUT2D eigenvalue weighted by molar-refractivity contribution is 0.864. The van der Waals surface area contributed by atoms with E-state index in [1.165, 1.54) is 4.88 Å². The second kappa shape index (κ2) is 6.15. The second-order valence-electron chi connectivity index (χ2n) is 4.97. The van der Waals surface area contributed by atoms with Crippen LogP contribution in [0.5, 0.6) is 0 Å². The minimum Gasteiger partial charge on any atom is -0.267 e. The molecule has 2 heterocycles. The van der Waals surface area contributed by atoms with Gasteiger partial charge in [-0.2, -0.15) is 0 Å². The summed E-state index contributed by atoms with van der Waals surface area (Å²) in [6, 6.07) is 9.72. The van der Waals surface area contributed by atoms with Crippen LogP contribution in [0.4, 0.5) is 0 Å². The highest BCUT2D eigenvalue weighted by atomic mass is 32.1. The van der Waals surface area contributed by atoms with Gasteiger partial charge < -0.3 is 0 Å². The summed E-state index contributed by atoms with van der Waals surface area (Å²) in [5.41, 5.74) is 2.38. The lowest BCUT2D eigenvalue weighted by atomic mass is 10.2. The quantitative estimate of drug-likeness (QED) is 0.799. The van der Waals surface area contributed by atoms with Crippen LogP contribution in [0.2, 0.25) is 0 Å². The summed E-state index contributed by atoms with van der Waals surface area (Å²) in [4.78, 5) is 17.8. The first kappa shape index (κ1) is 14.5. The van der Waals surface area contributed by atoms with E-state index in [0.717, 1.165) is 22.8 Å². The first-order valence-electron chi connectivity index (χ1n) is 7.19. The Balaban J connectivity index is 1.90. The van der Waals surface area contributed by atoms with E-state index in [1.807, 2.05) is 42.5 Å². The number of H-pyrrole nitrogens is 1. The third kappa shape index (κ3) is 2.94. The topological polar surface area (TPSA) is 50.7 Å². The first-order valence-corrected chi connectivity index (χ1v) is 8.00. The fraction of sp³-hybridized carbons (Fsp3) is 0.176. The van der Waals surface area contributed by atoms with Crippen LogP contribution in [0, 0.1) is 6.92 Å². The third-order valence-corrected chi connectivity index (χ3v) is 4.52. The molecule has 0 bridgehead atoms. The molecule has 0 saturated heterocycles. The average molecular weight is 311 g/mol. The maximum absolute atomic E-state index is 12.0. The molecule has 0 spiro atoms. The Hall–Kier alpha value is -2.40. The zero-order valence-corrected chi connectivity index (χ0v) is 13.4. The van der Waals surface area contributed by atoms with Crippen molar-refractivity contribution in [2.45, 2.75) is 20.3 Å². The van der Waals surface area contributed by atoms with E-state index < -0.39 is 0 Å². The van der Waals surface area contributed by atoms with E-state index in [2.05, 4.69) is 23.9 Å². The van der Waals surface area contributed by atoms with Gasteiger partial charge in [-0.3, -0.25) is 14.6 Å². The summed E-state index contributed by atoms with van der Waals surface area (Å²) in [6.07, 6.45) is 6.46. The van der Waals surface area contributed by atoms with Crippen molar-refractivity contribution in [3.8, 4) is 5.69 Å².